The summed E-state index contributed by atoms with van der Waals surface area (Å²) in [5, 5.41) is 2.76. The van der Waals surface area contributed by atoms with Crippen molar-refractivity contribution in [3.8, 4) is 0 Å². The van der Waals surface area contributed by atoms with Crippen LogP contribution >= 0.6 is 0 Å². The lowest BCUT2D eigenvalue weighted by Crippen LogP contribution is -2.12. The Labute approximate surface area is 105 Å². The van der Waals surface area contributed by atoms with Gasteiger partial charge in [-0.1, -0.05) is 17.7 Å². The second-order valence-electron chi connectivity index (χ2n) is 4.16. The molecule has 0 unspecified atom stereocenters. The highest BCUT2D eigenvalue weighted by Crippen LogP contribution is 2.11. The molecule has 0 bridgehead atoms. The number of benzene rings is 1. The van der Waals surface area contributed by atoms with Gasteiger partial charge in [-0.05, 0) is 31.2 Å². The average molecular weight is 242 g/mol. The Morgan fingerprint density at radius 1 is 1.00 bits per heavy atom. The molecule has 0 spiro atoms. The number of hydrogen-bond donors (Lipinski definition) is 2. The molecular weight excluding hydrogens is 228 g/mol. The maximum absolute atomic E-state index is 11.9. The maximum atomic E-state index is 11.9. The average Bonchev–Trinajstić information content (AvgIpc) is 2.81. The minimum Gasteiger partial charge on any atom is -0.348 e. The summed E-state index contributed by atoms with van der Waals surface area (Å²) in [6.07, 6.45) is 0. The molecule has 2 aromatic rings. The predicted molar refractivity (Wildman–Crippen MR) is 69.9 cm³/mol. The molecule has 0 saturated carbocycles. The Hall–Kier alpha value is -2.36. The van der Waals surface area contributed by atoms with Crippen LogP contribution in [0.15, 0.2) is 36.4 Å². The van der Waals surface area contributed by atoms with Crippen LogP contribution in [0.5, 0.6) is 0 Å². The van der Waals surface area contributed by atoms with Crippen molar-refractivity contribution in [3.63, 3.8) is 0 Å². The van der Waals surface area contributed by atoms with Crippen molar-refractivity contribution in [1.82, 2.24) is 4.98 Å². The van der Waals surface area contributed by atoms with Crippen molar-refractivity contribution in [2.75, 3.05) is 5.32 Å². The Kier molecular flexibility index (Phi) is 3.28. The number of H-pyrrole nitrogens is 1. The second-order valence-corrected chi connectivity index (χ2v) is 4.16. The lowest BCUT2D eigenvalue weighted by molar-refractivity contribution is 0.101. The Bertz CT molecular complexity index is 582. The normalized spacial score (nSPS) is 10.1. The molecule has 0 atom stereocenters. The van der Waals surface area contributed by atoms with Gasteiger partial charge in [0.15, 0.2) is 5.78 Å². The van der Waals surface area contributed by atoms with Gasteiger partial charge in [0.1, 0.15) is 5.69 Å². The largest absolute Gasteiger partial charge is 0.348 e. The van der Waals surface area contributed by atoms with E-state index in [9.17, 15) is 9.59 Å². The van der Waals surface area contributed by atoms with Crippen LogP contribution in [0.4, 0.5) is 5.69 Å². The molecule has 0 aliphatic carbocycles. The molecule has 0 radical (unpaired) electrons. The molecule has 2 rings (SSSR count). The van der Waals surface area contributed by atoms with E-state index in [1.54, 1.807) is 12.1 Å². The quantitative estimate of drug-likeness (QED) is 0.813. The summed E-state index contributed by atoms with van der Waals surface area (Å²) < 4.78 is 0. The molecule has 4 nitrogen and oxygen atoms in total. The summed E-state index contributed by atoms with van der Waals surface area (Å²) in [4.78, 5) is 25.8. The van der Waals surface area contributed by atoms with E-state index in [0.717, 1.165) is 11.3 Å². The summed E-state index contributed by atoms with van der Waals surface area (Å²) in [6.45, 7) is 3.43. The van der Waals surface area contributed by atoms with Gasteiger partial charge < -0.3 is 10.3 Å². The van der Waals surface area contributed by atoms with Crippen molar-refractivity contribution in [2.24, 2.45) is 0 Å². The third kappa shape index (κ3) is 2.66. The number of hydrogen-bond acceptors (Lipinski definition) is 2. The van der Waals surface area contributed by atoms with Crippen molar-refractivity contribution in [3.05, 3.63) is 53.3 Å². The van der Waals surface area contributed by atoms with Crippen molar-refractivity contribution < 1.29 is 9.59 Å². The van der Waals surface area contributed by atoms with E-state index in [2.05, 4.69) is 10.3 Å². The fourth-order valence-electron chi connectivity index (χ4n) is 1.57. The highest BCUT2D eigenvalue weighted by Gasteiger charge is 2.10. The third-order valence-electron chi connectivity index (χ3n) is 2.62. The summed E-state index contributed by atoms with van der Waals surface area (Å²) in [5.74, 6) is -0.351. The lowest BCUT2D eigenvalue weighted by atomic mass is 10.2. The number of anilines is 1. The van der Waals surface area contributed by atoms with Gasteiger partial charge in [0, 0.05) is 12.6 Å². The number of Topliss-reactive ketones (excluding diaryl/α,β-unsaturated/α-hetero) is 1. The van der Waals surface area contributed by atoms with Gasteiger partial charge in [0.25, 0.3) is 5.91 Å². The van der Waals surface area contributed by atoms with Crippen LogP contribution in [-0.2, 0) is 0 Å². The third-order valence-corrected chi connectivity index (χ3v) is 2.62. The van der Waals surface area contributed by atoms with Crippen LogP contribution in [0, 0.1) is 6.92 Å². The highest BCUT2D eigenvalue weighted by atomic mass is 16.2. The molecule has 18 heavy (non-hydrogen) atoms. The minimum absolute atomic E-state index is 0.0932. The van der Waals surface area contributed by atoms with Gasteiger partial charge in [-0.15, -0.1) is 0 Å². The molecule has 2 N–H and O–H groups in total. The number of ketones is 1. The zero-order valence-corrected chi connectivity index (χ0v) is 10.3. The van der Waals surface area contributed by atoms with Gasteiger partial charge in [-0.25, -0.2) is 0 Å². The first-order valence-electron chi connectivity index (χ1n) is 5.64. The van der Waals surface area contributed by atoms with Crippen LogP contribution in [0.1, 0.15) is 33.5 Å². The zero-order valence-electron chi connectivity index (χ0n) is 10.3. The molecule has 1 aromatic heterocycles. The Morgan fingerprint density at radius 2 is 1.61 bits per heavy atom. The van der Waals surface area contributed by atoms with Gasteiger partial charge in [0.05, 0.1) is 5.69 Å². The van der Waals surface area contributed by atoms with Gasteiger partial charge in [-0.2, -0.15) is 0 Å². The predicted octanol–water partition coefficient (Wildman–Crippen LogP) is 2.78. The molecule has 1 heterocycles. The zero-order chi connectivity index (χ0) is 13.1. The molecule has 0 fully saturated rings. The summed E-state index contributed by atoms with van der Waals surface area (Å²) >= 11 is 0. The minimum atomic E-state index is -0.258. The molecule has 0 aliphatic heterocycles. The van der Waals surface area contributed by atoms with E-state index in [1.165, 1.54) is 6.92 Å². The molecular formula is C14H14N2O2. The number of carbonyl (C=O) groups is 2. The number of carbonyl (C=O) groups excluding carboxylic acids is 2. The van der Waals surface area contributed by atoms with Gasteiger partial charge in [-0.3, -0.25) is 9.59 Å². The standard InChI is InChI=1S/C14H14N2O2/c1-9-3-5-11(6-4-9)15-14(18)13-8-7-12(16-13)10(2)17/h3-8,16H,1-2H3,(H,15,18). The highest BCUT2D eigenvalue weighted by molar-refractivity contribution is 6.04. The van der Waals surface area contributed by atoms with E-state index in [1.807, 2.05) is 31.2 Å². The fraction of sp³-hybridized carbons (Fsp3) is 0.143. The van der Waals surface area contributed by atoms with E-state index in [0.29, 0.717) is 11.4 Å². The fourth-order valence-corrected chi connectivity index (χ4v) is 1.57. The summed E-state index contributed by atoms with van der Waals surface area (Å²) in [6, 6.07) is 10.7. The van der Waals surface area contributed by atoms with Crippen molar-refractivity contribution >= 4 is 17.4 Å². The van der Waals surface area contributed by atoms with Crippen LogP contribution < -0.4 is 5.32 Å². The van der Waals surface area contributed by atoms with Gasteiger partial charge in [0.2, 0.25) is 0 Å². The number of aryl methyl sites for hydroxylation is 1. The first-order chi connectivity index (χ1) is 8.56. The molecule has 4 heteroatoms. The van der Waals surface area contributed by atoms with Crippen molar-refractivity contribution in [2.45, 2.75) is 13.8 Å². The number of amides is 1. The number of nitrogens with one attached hydrogen (secondary N) is 2. The van der Waals surface area contributed by atoms with Crippen molar-refractivity contribution in [1.29, 1.82) is 0 Å². The smallest absolute Gasteiger partial charge is 0.272 e. The first-order valence-corrected chi connectivity index (χ1v) is 5.64. The summed E-state index contributed by atoms with van der Waals surface area (Å²) in [5.41, 5.74) is 2.67. The van der Waals surface area contributed by atoms with E-state index < -0.39 is 0 Å². The monoisotopic (exact) mass is 242 g/mol. The lowest BCUT2D eigenvalue weighted by Gasteiger charge is -2.03. The van der Waals surface area contributed by atoms with E-state index >= 15 is 0 Å². The summed E-state index contributed by atoms with van der Waals surface area (Å²) in [7, 11) is 0. The molecule has 1 amide bonds. The second kappa shape index (κ2) is 4.87. The SMILES string of the molecule is CC(=O)c1ccc(C(=O)Nc2ccc(C)cc2)[nH]1. The first kappa shape index (κ1) is 12.1. The molecule has 0 saturated heterocycles. The Balaban J connectivity index is 2.11. The molecule has 1 aromatic carbocycles. The molecule has 92 valence electrons. The van der Waals surface area contributed by atoms with E-state index in [4.69, 9.17) is 0 Å². The molecule has 0 aliphatic rings. The number of rotatable bonds is 3. The topological polar surface area (TPSA) is 62.0 Å². The Morgan fingerprint density at radius 3 is 2.17 bits per heavy atom. The van der Waals surface area contributed by atoms with E-state index in [-0.39, 0.29) is 11.7 Å². The van der Waals surface area contributed by atoms with Crippen LogP contribution in [0.25, 0.3) is 0 Å². The van der Waals surface area contributed by atoms with Crippen LogP contribution in [0.3, 0.4) is 0 Å². The van der Waals surface area contributed by atoms with Crippen LogP contribution in [0.2, 0.25) is 0 Å². The number of aromatic amines is 1. The maximum Gasteiger partial charge on any atom is 0.272 e. The number of aromatic nitrogens is 1. The van der Waals surface area contributed by atoms with Crippen LogP contribution in [-0.4, -0.2) is 16.7 Å². The van der Waals surface area contributed by atoms with Gasteiger partial charge >= 0.3 is 0 Å².